The highest BCUT2D eigenvalue weighted by atomic mass is 16.3. The van der Waals surface area contributed by atoms with E-state index in [4.69, 9.17) is 4.42 Å². The molecule has 1 heterocycles. The third-order valence-corrected chi connectivity index (χ3v) is 5.26. The number of rotatable bonds is 2. The van der Waals surface area contributed by atoms with Gasteiger partial charge in [-0.05, 0) is 27.8 Å². The molecule has 0 radical (unpaired) electrons. The molecule has 5 aromatic rings. The first-order valence-corrected chi connectivity index (χ1v) is 9.16. The lowest BCUT2D eigenvalue weighted by Crippen LogP contribution is -1.86. The fourth-order valence-electron chi connectivity index (χ4n) is 3.97. The second kappa shape index (κ2) is 5.74. The van der Waals surface area contributed by atoms with Crippen molar-refractivity contribution in [3.63, 3.8) is 0 Å². The highest BCUT2D eigenvalue weighted by molar-refractivity contribution is 6.12. The Bertz CT molecular complexity index is 1250. The summed E-state index contributed by atoms with van der Waals surface area (Å²) in [5, 5.41) is 4.90. The molecule has 5 rings (SSSR count). The molecular formula is C25H20O. The zero-order valence-electron chi connectivity index (χ0n) is 15.0. The van der Waals surface area contributed by atoms with Crippen molar-refractivity contribution in [2.75, 3.05) is 0 Å². The summed E-state index contributed by atoms with van der Waals surface area (Å²) in [5.74, 6) is 0.431. The van der Waals surface area contributed by atoms with Crippen LogP contribution in [0.2, 0.25) is 0 Å². The van der Waals surface area contributed by atoms with E-state index in [1.165, 1.54) is 32.7 Å². The Labute approximate surface area is 152 Å². The van der Waals surface area contributed by atoms with Crippen molar-refractivity contribution in [3.05, 3.63) is 84.4 Å². The van der Waals surface area contributed by atoms with E-state index in [0.29, 0.717) is 5.92 Å². The fourth-order valence-corrected chi connectivity index (χ4v) is 3.97. The molecule has 0 bridgehead atoms. The van der Waals surface area contributed by atoms with Crippen LogP contribution in [-0.4, -0.2) is 0 Å². The molecule has 1 nitrogen and oxygen atoms in total. The van der Waals surface area contributed by atoms with Crippen LogP contribution in [0.3, 0.4) is 0 Å². The standard InChI is InChI=1S/C25H20O/c1-16(2)18-11-6-14-22-23-15-7-13-21(25(23)26-24(18)22)20-12-5-9-17-8-3-4-10-19(17)20/h3-16H,1-2H3. The van der Waals surface area contributed by atoms with Crippen LogP contribution in [0.25, 0.3) is 43.8 Å². The molecule has 26 heavy (non-hydrogen) atoms. The van der Waals surface area contributed by atoms with Gasteiger partial charge in [0.2, 0.25) is 0 Å². The van der Waals surface area contributed by atoms with Crippen LogP contribution < -0.4 is 0 Å². The molecule has 0 aliphatic heterocycles. The molecule has 0 saturated carbocycles. The van der Waals surface area contributed by atoms with Gasteiger partial charge in [-0.2, -0.15) is 0 Å². The first kappa shape index (κ1) is 15.2. The zero-order valence-corrected chi connectivity index (χ0v) is 15.0. The zero-order chi connectivity index (χ0) is 17.7. The van der Waals surface area contributed by atoms with Crippen molar-refractivity contribution in [2.24, 2.45) is 0 Å². The summed E-state index contributed by atoms with van der Waals surface area (Å²) >= 11 is 0. The minimum atomic E-state index is 0.431. The van der Waals surface area contributed by atoms with Crippen LogP contribution in [0.4, 0.5) is 0 Å². The van der Waals surface area contributed by atoms with Gasteiger partial charge < -0.3 is 4.42 Å². The van der Waals surface area contributed by atoms with Gasteiger partial charge in [-0.15, -0.1) is 0 Å². The Balaban J connectivity index is 1.90. The highest BCUT2D eigenvalue weighted by Crippen LogP contribution is 2.40. The van der Waals surface area contributed by atoms with Gasteiger partial charge in [0.25, 0.3) is 0 Å². The van der Waals surface area contributed by atoms with Gasteiger partial charge in [0, 0.05) is 16.3 Å². The minimum Gasteiger partial charge on any atom is -0.455 e. The van der Waals surface area contributed by atoms with E-state index < -0.39 is 0 Å². The quantitative estimate of drug-likeness (QED) is 0.325. The number of para-hydroxylation sites is 2. The largest absolute Gasteiger partial charge is 0.455 e. The molecule has 0 N–H and O–H groups in total. The van der Waals surface area contributed by atoms with Crippen molar-refractivity contribution in [1.29, 1.82) is 0 Å². The topological polar surface area (TPSA) is 13.1 Å². The SMILES string of the molecule is CC(C)c1cccc2c1oc1c(-c3cccc4ccccc34)cccc12. The lowest BCUT2D eigenvalue weighted by Gasteiger charge is -2.07. The van der Waals surface area contributed by atoms with E-state index in [1.807, 2.05) is 0 Å². The van der Waals surface area contributed by atoms with Crippen LogP contribution >= 0.6 is 0 Å². The highest BCUT2D eigenvalue weighted by Gasteiger charge is 2.16. The molecule has 0 aliphatic rings. The summed E-state index contributed by atoms with van der Waals surface area (Å²) in [7, 11) is 0. The normalized spacial score (nSPS) is 11.8. The Kier molecular flexibility index (Phi) is 3.36. The summed E-state index contributed by atoms with van der Waals surface area (Å²) in [6.45, 7) is 4.43. The molecule has 1 heteroatoms. The fraction of sp³-hybridized carbons (Fsp3) is 0.120. The monoisotopic (exact) mass is 336 g/mol. The maximum absolute atomic E-state index is 6.48. The third kappa shape index (κ3) is 2.17. The number of furan rings is 1. The van der Waals surface area contributed by atoms with E-state index in [0.717, 1.165) is 16.7 Å². The van der Waals surface area contributed by atoms with Crippen molar-refractivity contribution in [2.45, 2.75) is 19.8 Å². The van der Waals surface area contributed by atoms with Crippen LogP contribution in [0.1, 0.15) is 25.3 Å². The average molecular weight is 336 g/mol. The summed E-state index contributed by atoms with van der Waals surface area (Å²) in [6, 6.07) is 28.0. The van der Waals surface area contributed by atoms with Gasteiger partial charge in [0.15, 0.2) is 0 Å². The van der Waals surface area contributed by atoms with Crippen molar-refractivity contribution in [3.8, 4) is 11.1 Å². The molecule has 0 fully saturated rings. The molecule has 0 unspecified atom stereocenters. The van der Waals surface area contributed by atoms with Gasteiger partial charge in [0.05, 0.1) is 0 Å². The maximum atomic E-state index is 6.48. The van der Waals surface area contributed by atoms with Crippen LogP contribution in [0, 0.1) is 0 Å². The predicted molar refractivity (Wildman–Crippen MR) is 111 cm³/mol. The first-order chi connectivity index (χ1) is 12.7. The predicted octanol–water partition coefficient (Wildman–Crippen LogP) is 7.53. The maximum Gasteiger partial charge on any atom is 0.143 e. The molecular weight excluding hydrogens is 316 g/mol. The molecule has 0 aliphatic carbocycles. The number of fused-ring (bicyclic) bond motifs is 4. The summed E-state index contributed by atoms with van der Waals surface area (Å²) in [5.41, 5.74) is 5.64. The number of benzene rings is 4. The van der Waals surface area contributed by atoms with E-state index in [2.05, 4.69) is 92.7 Å². The second-order valence-electron chi connectivity index (χ2n) is 7.19. The van der Waals surface area contributed by atoms with Gasteiger partial charge in [0.1, 0.15) is 11.2 Å². The number of hydrogen-bond acceptors (Lipinski definition) is 1. The molecule has 0 spiro atoms. The van der Waals surface area contributed by atoms with Crippen molar-refractivity contribution < 1.29 is 4.42 Å². The Morgan fingerprint density at radius 1 is 0.577 bits per heavy atom. The Hall–Kier alpha value is -3.06. The molecule has 0 amide bonds. The Morgan fingerprint density at radius 3 is 2.04 bits per heavy atom. The Morgan fingerprint density at radius 2 is 1.19 bits per heavy atom. The van der Waals surface area contributed by atoms with E-state index in [9.17, 15) is 0 Å². The van der Waals surface area contributed by atoms with Crippen LogP contribution in [0.5, 0.6) is 0 Å². The summed E-state index contributed by atoms with van der Waals surface area (Å²) < 4.78 is 6.48. The third-order valence-electron chi connectivity index (χ3n) is 5.26. The van der Waals surface area contributed by atoms with Gasteiger partial charge in [-0.25, -0.2) is 0 Å². The first-order valence-electron chi connectivity index (χ1n) is 9.16. The summed E-state index contributed by atoms with van der Waals surface area (Å²) in [4.78, 5) is 0. The smallest absolute Gasteiger partial charge is 0.143 e. The minimum absolute atomic E-state index is 0.431. The molecule has 126 valence electrons. The molecule has 4 aromatic carbocycles. The van der Waals surface area contributed by atoms with Gasteiger partial charge in [-0.3, -0.25) is 0 Å². The van der Waals surface area contributed by atoms with E-state index >= 15 is 0 Å². The van der Waals surface area contributed by atoms with Gasteiger partial charge in [-0.1, -0.05) is 92.7 Å². The van der Waals surface area contributed by atoms with E-state index in [-0.39, 0.29) is 0 Å². The lowest BCUT2D eigenvalue weighted by atomic mass is 9.96. The second-order valence-corrected chi connectivity index (χ2v) is 7.19. The molecule has 0 saturated heterocycles. The van der Waals surface area contributed by atoms with Crippen LogP contribution in [-0.2, 0) is 0 Å². The van der Waals surface area contributed by atoms with Gasteiger partial charge >= 0.3 is 0 Å². The summed E-state index contributed by atoms with van der Waals surface area (Å²) in [6.07, 6.45) is 0. The lowest BCUT2D eigenvalue weighted by molar-refractivity contribution is 0.658. The van der Waals surface area contributed by atoms with Crippen LogP contribution in [0.15, 0.2) is 83.3 Å². The number of hydrogen-bond donors (Lipinski definition) is 0. The van der Waals surface area contributed by atoms with E-state index in [1.54, 1.807) is 0 Å². The van der Waals surface area contributed by atoms with Crippen molar-refractivity contribution >= 4 is 32.7 Å². The average Bonchev–Trinajstić information content (AvgIpc) is 3.06. The molecule has 1 aromatic heterocycles. The van der Waals surface area contributed by atoms with Crippen molar-refractivity contribution in [1.82, 2.24) is 0 Å². The molecule has 0 atom stereocenters.